The first-order valence-electron chi connectivity index (χ1n) is 5.44. The quantitative estimate of drug-likeness (QED) is 0.588. The van der Waals surface area contributed by atoms with Crippen LogP contribution in [0.5, 0.6) is 0 Å². The zero-order chi connectivity index (χ0) is 10.9. The van der Waals surface area contributed by atoms with Gasteiger partial charge in [-0.3, -0.25) is 9.59 Å². The Morgan fingerprint density at radius 2 is 2.07 bits per heavy atom. The Labute approximate surface area is 89.0 Å². The zero-order valence-electron chi connectivity index (χ0n) is 8.79. The molecule has 2 rings (SSSR count). The van der Waals surface area contributed by atoms with Crippen LogP contribution in [0.3, 0.4) is 0 Å². The molecule has 0 aromatic rings. The summed E-state index contributed by atoms with van der Waals surface area (Å²) in [5.41, 5.74) is 5.12. The number of nitrogens with two attached hydrogens (primary N) is 1. The third kappa shape index (κ3) is 1.71. The summed E-state index contributed by atoms with van der Waals surface area (Å²) < 4.78 is 0. The highest BCUT2D eigenvalue weighted by atomic mass is 16.2. The number of piperidine rings is 1. The molecule has 2 amide bonds. The summed E-state index contributed by atoms with van der Waals surface area (Å²) in [6.45, 7) is 2.19. The molecule has 0 bridgehead atoms. The molecule has 0 unspecified atom stereocenters. The number of likely N-dealkylation sites (tertiary alicyclic amines) is 1. The third-order valence-corrected chi connectivity index (χ3v) is 3.62. The zero-order valence-corrected chi connectivity index (χ0v) is 8.79. The minimum atomic E-state index is -0.189. The van der Waals surface area contributed by atoms with Crippen molar-refractivity contribution in [1.82, 2.24) is 10.2 Å². The van der Waals surface area contributed by atoms with Crippen molar-refractivity contribution in [3.63, 3.8) is 0 Å². The third-order valence-electron chi connectivity index (χ3n) is 3.62. The van der Waals surface area contributed by atoms with Crippen molar-refractivity contribution in [3.8, 4) is 0 Å². The lowest BCUT2D eigenvalue weighted by Crippen LogP contribution is -2.47. The van der Waals surface area contributed by atoms with E-state index >= 15 is 0 Å². The van der Waals surface area contributed by atoms with E-state index in [4.69, 9.17) is 5.73 Å². The van der Waals surface area contributed by atoms with Gasteiger partial charge in [0.25, 0.3) is 0 Å². The van der Waals surface area contributed by atoms with Crippen LogP contribution >= 0.6 is 0 Å². The van der Waals surface area contributed by atoms with Crippen molar-refractivity contribution in [2.45, 2.75) is 19.3 Å². The lowest BCUT2D eigenvalue weighted by atomic mass is 9.77. The maximum Gasteiger partial charge on any atom is 0.236 e. The van der Waals surface area contributed by atoms with Gasteiger partial charge in [0.1, 0.15) is 0 Å². The van der Waals surface area contributed by atoms with Crippen LogP contribution in [0.4, 0.5) is 0 Å². The summed E-state index contributed by atoms with van der Waals surface area (Å²) in [5.74, 6) is 0.158. The molecule has 84 valence electrons. The van der Waals surface area contributed by atoms with E-state index in [2.05, 4.69) is 5.32 Å². The maximum atomic E-state index is 11.7. The van der Waals surface area contributed by atoms with Gasteiger partial charge in [0.05, 0.1) is 12.0 Å². The number of nitrogens with one attached hydrogen (secondary N) is 1. The Bertz CT molecular complexity index is 282. The molecule has 2 heterocycles. The maximum absolute atomic E-state index is 11.7. The molecule has 15 heavy (non-hydrogen) atoms. The Balaban J connectivity index is 1.97. The molecule has 0 saturated carbocycles. The van der Waals surface area contributed by atoms with Gasteiger partial charge in [-0.2, -0.15) is 0 Å². The van der Waals surface area contributed by atoms with Crippen LogP contribution in [0.15, 0.2) is 0 Å². The van der Waals surface area contributed by atoms with E-state index in [0.717, 1.165) is 25.8 Å². The summed E-state index contributed by atoms with van der Waals surface area (Å²) in [6, 6.07) is 0. The molecule has 5 nitrogen and oxygen atoms in total. The minimum absolute atomic E-state index is 0.0109. The number of hydrogen-bond donors (Lipinski definition) is 2. The van der Waals surface area contributed by atoms with Crippen molar-refractivity contribution in [2.24, 2.45) is 11.1 Å². The fourth-order valence-electron chi connectivity index (χ4n) is 2.51. The molecule has 0 aromatic carbocycles. The Kier molecular flexibility index (Phi) is 2.65. The van der Waals surface area contributed by atoms with E-state index in [-0.39, 0.29) is 23.8 Å². The van der Waals surface area contributed by atoms with Gasteiger partial charge in [0, 0.05) is 19.6 Å². The molecule has 2 fully saturated rings. The van der Waals surface area contributed by atoms with Crippen molar-refractivity contribution >= 4 is 11.8 Å². The van der Waals surface area contributed by atoms with Gasteiger partial charge in [-0.1, -0.05) is 0 Å². The fourth-order valence-corrected chi connectivity index (χ4v) is 2.51. The van der Waals surface area contributed by atoms with Gasteiger partial charge < -0.3 is 16.0 Å². The van der Waals surface area contributed by atoms with Crippen LogP contribution in [0.25, 0.3) is 0 Å². The van der Waals surface area contributed by atoms with E-state index in [1.165, 1.54) is 0 Å². The number of carbonyl (C=O) groups excluding carboxylic acids is 2. The molecule has 5 heteroatoms. The summed E-state index contributed by atoms with van der Waals surface area (Å²) in [5, 5.41) is 2.87. The van der Waals surface area contributed by atoms with Gasteiger partial charge in [-0.05, 0) is 19.3 Å². The smallest absolute Gasteiger partial charge is 0.236 e. The van der Waals surface area contributed by atoms with Crippen LogP contribution in [0.2, 0.25) is 0 Å². The fraction of sp³-hybridized carbons (Fsp3) is 0.800. The highest BCUT2D eigenvalue weighted by Gasteiger charge is 2.44. The second-order valence-corrected chi connectivity index (χ2v) is 4.37. The average Bonchev–Trinajstić information content (AvgIpc) is 2.61. The van der Waals surface area contributed by atoms with Crippen LogP contribution in [0.1, 0.15) is 19.3 Å². The first-order valence-corrected chi connectivity index (χ1v) is 5.44. The predicted molar refractivity (Wildman–Crippen MR) is 54.9 cm³/mol. The van der Waals surface area contributed by atoms with E-state index in [1.54, 1.807) is 4.90 Å². The number of nitrogens with zero attached hydrogens (tertiary/aromatic N) is 1. The first-order chi connectivity index (χ1) is 7.18. The summed E-state index contributed by atoms with van der Waals surface area (Å²) in [4.78, 5) is 24.8. The molecule has 2 aliphatic heterocycles. The molecule has 1 spiro atoms. The summed E-state index contributed by atoms with van der Waals surface area (Å²) in [7, 11) is 0. The molecule has 2 saturated heterocycles. The Hall–Kier alpha value is -1.10. The largest absolute Gasteiger partial charge is 0.356 e. The molecule has 3 N–H and O–H groups in total. The van der Waals surface area contributed by atoms with Crippen molar-refractivity contribution < 1.29 is 9.59 Å². The van der Waals surface area contributed by atoms with E-state index in [0.29, 0.717) is 13.1 Å². The minimum Gasteiger partial charge on any atom is -0.356 e. The molecule has 2 aliphatic rings. The number of rotatable bonds is 1. The number of hydrogen-bond acceptors (Lipinski definition) is 3. The van der Waals surface area contributed by atoms with Gasteiger partial charge in [0.2, 0.25) is 11.8 Å². The second kappa shape index (κ2) is 3.81. The van der Waals surface area contributed by atoms with Crippen molar-refractivity contribution in [3.05, 3.63) is 0 Å². The van der Waals surface area contributed by atoms with E-state index in [1.807, 2.05) is 0 Å². The van der Waals surface area contributed by atoms with Crippen molar-refractivity contribution in [1.29, 1.82) is 0 Å². The Morgan fingerprint density at radius 1 is 1.40 bits per heavy atom. The molecule has 0 aliphatic carbocycles. The van der Waals surface area contributed by atoms with Crippen LogP contribution < -0.4 is 11.1 Å². The van der Waals surface area contributed by atoms with Crippen LogP contribution in [-0.2, 0) is 9.59 Å². The molecular weight excluding hydrogens is 194 g/mol. The summed E-state index contributed by atoms with van der Waals surface area (Å²) >= 11 is 0. The molecule has 0 radical (unpaired) electrons. The topological polar surface area (TPSA) is 75.4 Å². The standard InChI is InChI=1S/C10H17N3O2/c11-7-8(14)13-5-2-10(3-6-13)1-4-12-9(10)15/h1-7,11H2,(H,12,15). The SMILES string of the molecule is NCC(=O)N1CCC2(CCNC2=O)CC1. The monoisotopic (exact) mass is 211 g/mol. The molecule has 0 aromatic heterocycles. The number of amides is 2. The van der Waals surface area contributed by atoms with Gasteiger partial charge >= 0.3 is 0 Å². The predicted octanol–water partition coefficient (Wildman–Crippen LogP) is -0.926. The van der Waals surface area contributed by atoms with Gasteiger partial charge in [-0.15, -0.1) is 0 Å². The Morgan fingerprint density at radius 3 is 2.53 bits per heavy atom. The summed E-state index contributed by atoms with van der Waals surface area (Å²) in [6.07, 6.45) is 2.48. The van der Waals surface area contributed by atoms with Gasteiger partial charge in [0.15, 0.2) is 0 Å². The van der Waals surface area contributed by atoms with Gasteiger partial charge in [-0.25, -0.2) is 0 Å². The first kappa shape index (κ1) is 10.4. The van der Waals surface area contributed by atoms with Crippen LogP contribution in [0, 0.1) is 5.41 Å². The van der Waals surface area contributed by atoms with E-state index in [9.17, 15) is 9.59 Å². The molecular formula is C10H17N3O2. The average molecular weight is 211 g/mol. The van der Waals surface area contributed by atoms with Crippen molar-refractivity contribution in [2.75, 3.05) is 26.2 Å². The lowest BCUT2D eigenvalue weighted by molar-refractivity contribution is -0.137. The lowest BCUT2D eigenvalue weighted by Gasteiger charge is -2.37. The molecule has 0 atom stereocenters. The van der Waals surface area contributed by atoms with Crippen LogP contribution in [-0.4, -0.2) is 42.9 Å². The second-order valence-electron chi connectivity index (χ2n) is 4.37. The normalized spacial score (nSPS) is 24.3. The number of carbonyl (C=O) groups is 2. The highest BCUT2D eigenvalue weighted by molar-refractivity contribution is 5.85. The highest BCUT2D eigenvalue weighted by Crippen LogP contribution is 2.37. The van der Waals surface area contributed by atoms with E-state index < -0.39 is 0 Å².